The maximum atomic E-state index is 4.65. The molecule has 0 atom stereocenters. The maximum absolute atomic E-state index is 4.65. The second-order valence-corrected chi connectivity index (χ2v) is 6.74. The third-order valence-electron chi connectivity index (χ3n) is 4.43. The van der Waals surface area contributed by atoms with Gasteiger partial charge in [-0.2, -0.15) is 5.10 Å². The van der Waals surface area contributed by atoms with Gasteiger partial charge in [-0.1, -0.05) is 35.4 Å². The Kier molecular flexibility index (Phi) is 3.88. The van der Waals surface area contributed by atoms with Crippen molar-refractivity contribution in [2.75, 3.05) is 16.6 Å². The lowest BCUT2D eigenvalue weighted by Crippen LogP contribution is -2.28. The average Bonchev–Trinajstić information content (AvgIpc) is 2.85. The summed E-state index contributed by atoms with van der Waals surface area (Å²) >= 11 is 0. The van der Waals surface area contributed by atoms with Gasteiger partial charge in [0.2, 0.25) is 0 Å². The van der Waals surface area contributed by atoms with Crippen LogP contribution in [0.25, 0.3) is 0 Å². The fraction of sp³-hybridized carbons (Fsp3) is 0.350. The Bertz CT molecular complexity index is 678. The van der Waals surface area contributed by atoms with Crippen LogP contribution in [0, 0.1) is 41.5 Å². The summed E-state index contributed by atoms with van der Waals surface area (Å²) in [4.78, 5) is 2.24. The lowest BCUT2D eigenvalue weighted by atomic mass is 10.0. The van der Waals surface area contributed by atoms with Crippen LogP contribution in [0.1, 0.15) is 33.4 Å². The highest BCUT2D eigenvalue weighted by Crippen LogP contribution is 2.32. The molecule has 3 rings (SSSR count). The van der Waals surface area contributed by atoms with Crippen LogP contribution in [0.15, 0.2) is 29.4 Å². The van der Waals surface area contributed by atoms with Crippen molar-refractivity contribution in [3.8, 4) is 0 Å². The fourth-order valence-corrected chi connectivity index (χ4v) is 3.80. The minimum absolute atomic E-state index is 0.759. The molecule has 0 spiro atoms. The smallest absolute Gasteiger partial charge is 0.118 e. The van der Waals surface area contributed by atoms with Crippen molar-refractivity contribution >= 4 is 17.7 Å². The Balaban J connectivity index is 1.93. The van der Waals surface area contributed by atoms with Crippen LogP contribution in [0.5, 0.6) is 0 Å². The van der Waals surface area contributed by atoms with E-state index in [2.05, 4.69) is 80.8 Å². The molecule has 3 heteroatoms. The van der Waals surface area contributed by atoms with Crippen molar-refractivity contribution < 1.29 is 0 Å². The van der Waals surface area contributed by atoms with E-state index in [1.165, 1.54) is 44.8 Å². The van der Waals surface area contributed by atoms with Crippen LogP contribution in [0.4, 0.5) is 11.4 Å². The molecule has 0 aromatic heterocycles. The second-order valence-electron chi connectivity index (χ2n) is 6.74. The Morgan fingerprint density at radius 2 is 1.13 bits per heavy atom. The van der Waals surface area contributed by atoms with Crippen LogP contribution in [0.3, 0.4) is 0 Å². The molecular weight excluding hydrogens is 282 g/mol. The van der Waals surface area contributed by atoms with Gasteiger partial charge in [0.05, 0.1) is 5.69 Å². The first-order chi connectivity index (χ1) is 10.9. The molecule has 3 nitrogen and oxygen atoms in total. The van der Waals surface area contributed by atoms with Crippen LogP contribution in [-0.2, 0) is 0 Å². The molecule has 0 N–H and O–H groups in total. The third kappa shape index (κ3) is 2.83. The lowest BCUT2D eigenvalue weighted by molar-refractivity contribution is 0.896. The highest BCUT2D eigenvalue weighted by molar-refractivity contribution is 5.86. The van der Waals surface area contributed by atoms with E-state index in [0.29, 0.717) is 0 Å². The van der Waals surface area contributed by atoms with E-state index in [4.69, 9.17) is 0 Å². The standard InChI is InChI=1S/C20H25N3/c1-13-7-15(3)19(16(4)8-13)22-11-21-23(12-22)20-17(5)9-14(2)10-18(20)6/h7-11H,12H2,1-6H3. The highest BCUT2D eigenvalue weighted by atomic mass is 15.6. The number of nitrogens with zero attached hydrogens (tertiary/aromatic N) is 3. The average molecular weight is 307 g/mol. The summed E-state index contributed by atoms with van der Waals surface area (Å²) in [7, 11) is 0. The van der Waals surface area contributed by atoms with Crippen LogP contribution < -0.4 is 9.91 Å². The Hall–Kier alpha value is -2.29. The van der Waals surface area contributed by atoms with Crippen molar-refractivity contribution in [3.63, 3.8) is 0 Å². The maximum Gasteiger partial charge on any atom is 0.118 e. The first-order valence-electron chi connectivity index (χ1n) is 8.11. The Morgan fingerprint density at radius 1 is 0.696 bits per heavy atom. The predicted molar refractivity (Wildman–Crippen MR) is 99.6 cm³/mol. The largest absolute Gasteiger partial charge is 0.310 e. The summed E-state index contributed by atoms with van der Waals surface area (Å²) < 4.78 is 0. The van der Waals surface area contributed by atoms with Gasteiger partial charge in [-0.05, 0) is 63.8 Å². The van der Waals surface area contributed by atoms with Gasteiger partial charge in [0.25, 0.3) is 0 Å². The molecule has 0 saturated heterocycles. The fourth-order valence-electron chi connectivity index (χ4n) is 3.80. The zero-order chi connectivity index (χ0) is 16.7. The van der Waals surface area contributed by atoms with E-state index in [1.807, 2.05) is 6.34 Å². The van der Waals surface area contributed by atoms with Crippen LogP contribution in [0.2, 0.25) is 0 Å². The molecule has 2 aromatic carbocycles. The number of rotatable bonds is 2. The van der Waals surface area contributed by atoms with Crippen molar-refractivity contribution in [2.45, 2.75) is 41.5 Å². The summed E-state index contributed by atoms with van der Waals surface area (Å²) in [5.41, 5.74) is 10.2. The number of anilines is 2. The molecule has 0 unspecified atom stereocenters. The molecule has 23 heavy (non-hydrogen) atoms. The van der Waals surface area contributed by atoms with E-state index in [1.54, 1.807) is 0 Å². The second kappa shape index (κ2) is 5.73. The van der Waals surface area contributed by atoms with E-state index >= 15 is 0 Å². The van der Waals surface area contributed by atoms with E-state index in [-0.39, 0.29) is 0 Å². The van der Waals surface area contributed by atoms with Gasteiger partial charge >= 0.3 is 0 Å². The van der Waals surface area contributed by atoms with E-state index < -0.39 is 0 Å². The molecule has 0 fully saturated rings. The minimum Gasteiger partial charge on any atom is -0.310 e. The summed E-state index contributed by atoms with van der Waals surface area (Å²) in [6, 6.07) is 8.92. The molecule has 0 amide bonds. The molecule has 2 aromatic rings. The van der Waals surface area contributed by atoms with Crippen LogP contribution in [-0.4, -0.2) is 13.0 Å². The van der Waals surface area contributed by atoms with Gasteiger partial charge in [-0.15, -0.1) is 0 Å². The zero-order valence-electron chi connectivity index (χ0n) is 14.9. The summed E-state index contributed by atoms with van der Waals surface area (Å²) in [6.07, 6.45) is 1.95. The highest BCUT2D eigenvalue weighted by Gasteiger charge is 2.22. The molecule has 0 radical (unpaired) electrons. The van der Waals surface area contributed by atoms with Gasteiger partial charge < -0.3 is 4.90 Å². The Labute approximate surface area is 139 Å². The SMILES string of the molecule is Cc1cc(C)c(N2C=NN(c3c(C)cc(C)cc3C)C2)c(C)c1. The lowest BCUT2D eigenvalue weighted by Gasteiger charge is -2.25. The number of hydrogen-bond donors (Lipinski definition) is 0. The van der Waals surface area contributed by atoms with Crippen molar-refractivity contribution in [1.82, 2.24) is 0 Å². The zero-order valence-corrected chi connectivity index (χ0v) is 14.9. The van der Waals surface area contributed by atoms with Gasteiger partial charge in [0.15, 0.2) is 0 Å². The number of hydrogen-bond acceptors (Lipinski definition) is 3. The normalized spacial score (nSPS) is 14.0. The topological polar surface area (TPSA) is 18.8 Å². The monoisotopic (exact) mass is 307 g/mol. The van der Waals surface area contributed by atoms with Crippen molar-refractivity contribution in [2.24, 2.45) is 5.10 Å². The summed E-state index contributed by atoms with van der Waals surface area (Å²) in [5.74, 6) is 0. The first-order valence-corrected chi connectivity index (χ1v) is 8.11. The van der Waals surface area contributed by atoms with Crippen LogP contribution >= 0.6 is 0 Å². The molecule has 0 aliphatic carbocycles. The number of hydrazone groups is 1. The third-order valence-corrected chi connectivity index (χ3v) is 4.43. The van der Waals surface area contributed by atoms with Gasteiger partial charge in [0.1, 0.15) is 13.0 Å². The molecule has 1 aliphatic rings. The number of benzene rings is 2. The van der Waals surface area contributed by atoms with E-state index in [9.17, 15) is 0 Å². The first kappa shape index (κ1) is 15.6. The predicted octanol–water partition coefficient (Wildman–Crippen LogP) is 4.76. The molecule has 0 saturated carbocycles. The van der Waals surface area contributed by atoms with Crippen molar-refractivity contribution in [1.29, 1.82) is 0 Å². The molecule has 1 aliphatic heterocycles. The quantitative estimate of drug-likeness (QED) is 0.796. The summed E-state index contributed by atoms with van der Waals surface area (Å²) in [6.45, 7) is 13.7. The van der Waals surface area contributed by atoms with Crippen molar-refractivity contribution in [3.05, 3.63) is 57.6 Å². The van der Waals surface area contributed by atoms with E-state index in [0.717, 1.165) is 6.67 Å². The molecule has 120 valence electrons. The minimum atomic E-state index is 0.759. The summed E-state index contributed by atoms with van der Waals surface area (Å²) in [5, 5.41) is 6.75. The molecule has 1 heterocycles. The van der Waals surface area contributed by atoms with Gasteiger partial charge in [0, 0.05) is 5.69 Å². The Morgan fingerprint density at radius 3 is 1.61 bits per heavy atom. The number of aryl methyl sites for hydroxylation is 6. The molecule has 0 bridgehead atoms. The van der Waals surface area contributed by atoms with Gasteiger partial charge in [-0.25, -0.2) is 5.01 Å². The molecular formula is C20H25N3. The van der Waals surface area contributed by atoms with Gasteiger partial charge in [-0.3, -0.25) is 0 Å².